The highest BCUT2D eigenvalue weighted by molar-refractivity contribution is 7.15. The molecule has 24 heavy (non-hydrogen) atoms. The van der Waals surface area contributed by atoms with Gasteiger partial charge in [0.2, 0.25) is 16.9 Å². The third-order valence-electron chi connectivity index (χ3n) is 4.27. The molecule has 2 fully saturated rings. The topological polar surface area (TPSA) is 93.7 Å². The lowest BCUT2D eigenvalue weighted by atomic mass is 10.0. The molecule has 2 saturated heterocycles. The van der Waals surface area contributed by atoms with Crippen molar-refractivity contribution >= 4 is 28.3 Å². The Labute approximate surface area is 144 Å². The summed E-state index contributed by atoms with van der Waals surface area (Å²) in [4.78, 5) is 25.9. The first-order chi connectivity index (χ1) is 11.6. The van der Waals surface area contributed by atoms with E-state index < -0.39 is 5.79 Å². The molecule has 2 amide bonds. The van der Waals surface area contributed by atoms with E-state index in [4.69, 9.17) is 9.47 Å². The highest BCUT2D eigenvalue weighted by atomic mass is 32.1. The lowest BCUT2D eigenvalue weighted by Crippen LogP contribution is -2.47. The first kappa shape index (κ1) is 17.2. The molecule has 8 nitrogen and oxygen atoms in total. The number of nitrogens with zero attached hydrogens (tertiary/aromatic N) is 3. The summed E-state index contributed by atoms with van der Waals surface area (Å²) >= 11 is 1.36. The summed E-state index contributed by atoms with van der Waals surface area (Å²) in [6, 6.07) is 0. The van der Waals surface area contributed by atoms with Crippen molar-refractivity contribution in [1.29, 1.82) is 0 Å². The lowest BCUT2D eigenvalue weighted by Gasteiger charge is -2.37. The van der Waals surface area contributed by atoms with Gasteiger partial charge in [-0.15, -0.1) is 10.2 Å². The molecular weight excluding hydrogens is 332 g/mol. The Kier molecular flexibility index (Phi) is 5.42. The van der Waals surface area contributed by atoms with E-state index >= 15 is 0 Å². The fraction of sp³-hybridized carbons (Fsp3) is 0.733. The van der Waals surface area contributed by atoms with Gasteiger partial charge in [-0.3, -0.25) is 9.59 Å². The molecule has 132 valence electrons. The van der Waals surface area contributed by atoms with Crippen LogP contribution in [0.3, 0.4) is 0 Å². The van der Waals surface area contributed by atoms with Gasteiger partial charge in [0, 0.05) is 38.8 Å². The van der Waals surface area contributed by atoms with Crippen molar-refractivity contribution in [3.63, 3.8) is 0 Å². The highest BCUT2D eigenvalue weighted by Crippen LogP contribution is 2.31. The number of aryl methyl sites for hydroxylation is 1. The van der Waals surface area contributed by atoms with E-state index in [1.807, 2.05) is 6.92 Å². The molecule has 1 aromatic rings. The molecule has 1 spiro atoms. The zero-order valence-electron chi connectivity index (χ0n) is 13.7. The quantitative estimate of drug-likeness (QED) is 0.853. The average molecular weight is 354 g/mol. The SMILES string of the molecule is CCc1nnc(NC(=O)CCC(=O)N2CCC3(CC2)OCCO3)s1. The zero-order chi connectivity index (χ0) is 17.0. The summed E-state index contributed by atoms with van der Waals surface area (Å²) < 4.78 is 11.3. The number of carbonyl (C=O) groups excluding carboxylic acids is 2. The second-order valence-electron chi connectivity index (χ2n) is 5.89. The van der Waals surface area contributed by atoms with Crippen LogP contribution in [0.2, 0.25) is 0 Å². The second kappa shape index (κ2) is 7.54. The first-order valence-electron chi connectivity index (χ1n) is 8.28. The van der Waals surface area contributed by atoms with Crippen LogP contribution in [-0.2, 0) is 25.5 Å². The van der Waals surface area contributed by atoms with Gasteiger partial charge < -0.3 is 19.7 Å². The molecule has 9 heteroatoms. The van der Waals surface area contributed by atoms with E-state index in [0.717, 1.165) is 11.4 Å². The van der Waals surface area contributed by atoms with Crippen LogP contribution in [-0.4, -0.2) is 59.0 Å². The number of rotatable bonds is 5. The molecule has 1 aromatic heterocycles. The predicted molar refractivity (Wildman–Crippen MR) is 87.6 cm³/mol. The minimum atomic E-state index is -0.483. The van der Waals surface area contributed by atoms with Gasteiger partial charge in [0.1, 0.15) is 5.01 Å². The molecule has 2 aliphatic heterocycles. The molecular formula is C15H22N4O4S. The number of likely N-dealkylation sites (tertiary alicyclic amines) is 1. The number of anilines is 1. The Morgan fingerprint density at radius 3 is 2.54 bits per heavy atom. The number of aromatic nitrogens is 2. The Bertz CT molecular complexity index is 590. The molecule has 0 saturated carbocycles. The number of carbonyl (C=O) groups is 2. The van der Waals surface area contributed by atoms with Crippen LogP contribution in [0.1, 0.15) is 37.6 Å². The molecule has 1 N–H and O–H groups in total. The Balaban J connectivity index is 1.40. The Morgan fingerprint density at radius 1 is 1.21 bits per heavy atom. The molecule has 2 aliphatic rings. The van der Waals surface area contributed by atoms with Gasteiger partial charge in [0.05, 0.1) is 13.2 Å². The standard InChI is InChI=1S/C15H22N4O4S/c1-2-12-17-18-14(24-12)16-11(20)3-4-13(21)19-7-5-15(6-8-19)22-9-10-23-15/h2-10H2,1H3,(H,16,18,20). The summed E-state index contributed by atoms with van der Waals surface area (Å²) in [5.41, 5.74) is 0. The largest absolute Gasteiger partial charge is 0.347 e. The number of hydrogen-bond donors (Lipinski definition) is 1. The van der Waals surface area contributed by atoms with Crippen LogP contribution < -0.4 is 5.32 Å². The van der Waals surface area contributed by atoms with Crippen molar-refractivity contribution in [2.24, 2.45) is 0 Å². The molecule has 0 atom stereocenters. The van der Waals surface area contributed by atoms with Gasteiger partial charge in [-0.25, -0.2) is 0 Å². The van der Waals surface area contributed by atoms with Crippen LogP contribution in [0.4, 0.5) is 5.13 Å². The van der Waals surface area contributed by atoms with Crippen molar-refractivity contribution in [2.75, 3.05) is 31.6 Å². The van der Waals surface area contributed by atoms with E-state index in [1.54, 1.807) is 4.90 Å². The average Bonchev–Trinajstić information content (AvgIpc) is 3.23. The van der Waals surface area contributed by atoms with Gasteiger partial charge in [-0.1, -0.05) is 18.3 Å². The van der Waals surface area contributed by atoms with E-state index in [1.165, 1.54) is 11.3 Å². The third kappa shape index (κ3) is 4.08. The van der Waals surface area contributed by atoms with Gasteiger partial charge >= 0.3 is 0 Å². The minimum absolute atomic E-state index is 0.00971. The van der Waals surface area contributed by atoms with Crippen LogP contribution in [0.15, 0.2) is 0 Å². The Morgan fingerprint density at radius 2 is 1.92 bits per heavy atom. The smallest absolute Gasteiger partial charge is 0.226 e. The molecule has 0 aromatic carbocycles. The van der Waals surface area contributed by atoms with Crippen molar-refractivity contribution < 1.29 is 19.1 Å². The van der Waals surface area contributed by atoms with E-state index in [0.29, 0.717) is 44.3 Å². The van der Waals surface area contributed by atoms with Crippen LogP contribution in [0, 0.1) is 0 Å². The van der Waals surface area contributed by atoms with Crippen LogP contribution in [0.25, 0.3) is 0 Å². The minimum Gasteiger partial charge on any atom is -0.347 e. The molecule has 0 unspecified atom stereocenters. The van der Waals surface area contributed by atoms with E-state index in [9.17, 15) is 9.59 Å². The van der Waals surface area contributed by atoms with Gasteiger partial charge in [0.25, 0.3) is 0 Å². The normalized spacial score (nSPS) is 19.6. The number of nitrogens with one attached hydrogen (secondary N) is 1. The fourth-order valence-electron chi connectivity index (χ4n) is 2.89. The van der Waals surface area contributed by atoms with Crippen molar-refractivity contribution in [2.45, 2.75) is 44.8 Å². The number of piperidine rings is 1. The van der Waals surface area contributed by atoms with Gasteiger partial charge in [-0.2, -0.15) is 0 Å². The molecule has 3 rings (SSSR count). The summed E-state index contributed by atoms with van der Waals surface area (Å²) in [6.45, 7) is 4.45. The highest BCUT2D eigenvalue weighted by Gasteiger charge is 2.40. The number of hydrogen-bond acceptors (Lipinski definition) is 7. The third-order valence-corrected chi connectivity index (χ3v) is 5.26. The predicted octanol–water partition coefficient (Wildman–Crippen LogP) is 1.18. The summed E-state index contributed by atoms with van der Waals surface area (Å²) in [5.74, 6) is -0.703. The molecule has 0 radical (unpaired) electrons. The van der Waals surface area contributed by atoms with Gasteiger partial charge in [-0.05, 0) is 6.42 Å². The van der Waals surface area contributed by atoms with Crippen LogP contribution >= 0.6 is 11.3 Å². The molecule has 0 bridgehead atoms. The zero-order valence-corrected chi connectivity index (χ0v) is 14.6. The van der Waals surface area contributed by atoms with Crippen molar-refractivity contribution in [3.05, 3.63) is 5.01 Å². The monoisotopic (exact) mass is 354 g/mol. The van der Waals surface area contributed by atoms with Crippen LogP contribution in [0.5, 0.6) is 0 Å². The number of amides is 2. The van der Waals surface area contributed by atoms with Crippen molar-refractivity contribution in [3.8, 4) is 0 Å². The maximum atomic E-state index is 12.2. The lowest BCUT2D eigenvalue weighted by molar-refractivity contribution is -0.187. The summed E-state index contributed by atoms with van der Waals surface area (Å²) in [5, 5.41) is 11.9. The first-order valence-corrected chi connectivity index (χ1v) is 9.10. The second-order valence-corrected chi connectivity index (χ2v) is 6.95. The summed E-state index contributed by atoms with van der Waals surface area (Å²) in [6.07, 6.45) is 2.51. The molecule has 3 heterocycles. The van der Waals surface area contributed by atoms with E-state index in [-0.39, 0.29) is 24.7 Å². The maximum absolute atomic E-state index is 12.2. The number of ether oxygens (including phenoxy) is 2. The van der Waals surface area contributed by atoms with Gasteiger partial charge in [0.15, 0.2) is 5.79 Å². The van der Waals surface area contributed by atoms with Crippen molar-refractivity contribution in [1.82, 2.24) is 15.1 Å². The fourth-order valence-corrected chi connectivity index (χ4v) is 3.59. The summed E-state index contributed by atoms with van der Waals surface area (Å²) in [7, 11) is 0. The maximum Gasteiger partial charge on any atom is 0.226 e. The Hall–Kier alpha value is -1.58. The van der Waals surface area contributed by atoms with E-state index in [2.05, 4.69) is 15.5 Å². The molecule has 0 aliphatic carbocycles.